The molecule has 0 bridgehead atoms. The second kappa shape index (κ2) is 6.51. The Bertz CT molecular complexity index is 283. The molecule has 0 spiro atoms. The molecular formula is C12H20ClNS. The number of nitrogens with one attached hydrogen (secondary N) is 1. The van der Waals surface area contributed by atoms with Gasteiger partial charge >= 0.3 is 0 Å². The fourth-order valence-electron chi connectivity index (χ4n) is 1.50. The summed E-state index contributed by atoms with van der Waals surface area (Å²) < 4.78 is 0.876. The minimum absolute atomic E-state index is 0.418. The predicted molar refractivity (Wildman–Crippen MR) is 69.8 cm³/mol. The molecule has 0 saturated carbocycles. The molecule has 86 valence electrons. The molecule has 1 N–H and O–H groups in total. The first-order valence-electron chi connectivity index (χ1n) is 5.57. The van der Waals surface area contributed by atoms with E-state index in [2.05, 4.69) is 31.5 Å². The lowest BCUT2D eigenvalue weighted by Gasteiger charge is -2.12. The molecular weight excluding hydrogens is 226 g/mol. The van der Waals surface area contributed by atoms with E-state index in [0.717, 1.165) is 16.8 Å². The lowest BCUT2D eigenvalue weighted by atomic mass is 10.1. The third-order valence-corrected chi connectivity index (χ3v) is 3.61. The van der Waals surface area contributed by atoms with Crippen LogP contribution in [0.2, 0.25) is 4.34 Å². The lowest BCUT2D eigenvalue weighted by Crippen LogP contribution is -2.19. The van der Waals surface area contributed by atoms with Crippen LogP contribution in [0.5, 0.6) is 0 Å². The second-order valence-corrected chi connectivity index (χ2v) is 5.94. The largest absolute Gasteiger partial charge is 0.310 e. The van der Waals surface area contributed by atoms with Crippen molar-refractivity contribution in [1.82, 2.24) is 5.32 Å². The summed E-state index contributed by atoms with van der Waals surface area (Å²) in [4.78, 5) is 0. The van der Waals surface area contributed by atoms with Crippen molar-refractivity contribution in [1.29, 1.82) is 0 Å². The molecule has 1 aromatic heterocycles. The van der Waals surface area contributed by atoms with Gasteiger partial charge in [-0.3, -0.25) is 0 Å². The van der Waals surface area contributed by atoms with Gasteiger partial charge < -0.3 is 5.32 Å². The molecule has 0 aliphatic rings. The van der Waals surface area contributed by atoms with Crippen LogP contribution in [0.3, 0.4) is 0 Å². The minimum Gasteiger partial charge on any atom is -0.310 e. The summed E-state index contributed by atoms with van der Waals surface area (Å²) in [5, 5.41) is 5.64. The maximum Gasteiger partial charge on any atom is 0.0931 e. The highest BCUT2D eigenvalue weighted by Crippen LogP contribution is 2.24. The summed E-state index contributed by atoms with van der Waals surface area (Å²) >= 11 is 7.50. The zero-order valence-corrected chi connectivity index (χ0v) is 11.3. The fraction of sp³-hybridized carbons (Fsp3) is 0.667. The molecule has 0 amide bonds. The number of thiophene rings is 1. The molecule has 0 radical (unpaired) electrons. The van der Waals surface area contributed by atoms with Gasteiger partial charge in [0.25, 0.3) is 0 Å². The molecule has 15 heavy (non-hydrogen) atoms. The molecule has 0 aliphatic heterocycles. The second-order valence-electron chi connectivity index (χ2n) is 4.40. The molecule has 1 aromatic rings. The Labute approximate surface area is 102 Å². The molecule has 1 unspecified atom stereocenters. The highest BCUT2D eigenvalue weighted by molar-refractivity contribution is 7.14. The molecule has 3 heteroatoms. The average molecular weight is 246 g/mol. The van der Waals surface area contributed by atoms with Crippen LogP contribution in [-0.4, -0.2) is 6.54 Å². The van der Waals surface area contributed by atoms with Gasteiger partial charge in [-0.2, -0.15) is 0 Å². The van der Waals surface area contributed by atoms with E-state index in [4.69, 9.17) is 11.6 Å². The SMILES string of the molecule is CC(C)CCCNC(C)c1csc(Cl)c1. The van der Waals surface area contributed by atoms with Crippen molar-refractivity contribution in [3.8, 4) is 0 Å². The summed E-state index contributed by atoms with van der Waals surface area (Å²) in [6.45, 7) is 7.81. The van der Waals surface area contributed by atoms with Crippen molar-refractivity contribution in [3.63, 3.8) is 0 Å². The molecule has 0 saturated heterocycles. The molecule has 0 aliphatic carbocycles. The third-order valence-electron chi connectivity index (χ3n) is 2.50. The number of rotatable bonds is 6. The van der Waals surface area contributed by atoms with Crippen molar-refractivity contribution >= 4 is 22.9 Å². The van der Waals surface area contributed by atoms with Gasteiger partial charge in [-0.25, -0.2) is 0 Å². The molecule has 0 fully saturated rings. The van der Waals surface area contributed by atoms with Gasteiger partial charge in [-0.1, -0.05) is 25.4 Å². The molecule has 0 aromatic carbocycles. The molecule has 1 rings (SSSR count). The first-order chi connectivity index (χ1) is 7.09. The van der Waals surface area contributed by atoms with Crippen LogP contribution >= 0.6 is 22.9 Å². The van der Waals surface area contributed by atoms with Gasteiger partial charge in [-0.15, -0.1) is 11.3 Å². The van der Waals surface area contributed by atoms with E-state index in [-0.39, 0.29) is 0 Å². The quantitative estimate of drug-likeness (QED) is 0.729. The highest BCUT2D eigenvalue weighted by Gasteiger charge is 2.06. The Balaban J connectivity index is 2.21. The number of hydrogen-bond donors (Lipinski definition) is 1. The van der Waals surface area contributed by atoms with Crippen molar-refractivity contribution in [2.24, 2.45) is 5.92 Å². The smallest absolute Gasteiger partial charge is 0.0931 e. The Hall–Kier alpha value is -0.0500. The van der Waals surface area contributed by atoms with Gasteiger partial charge in [0.05, 0.1) is 4.34 Å². The van der Waals surface area contributed by atoms with Gasteiger partial charge in [0.2, 0.25) is 0 Å². The average Bonchev–Trinajstić information content (AvgIpc) is 2.59. The summed E-state index contributed by atoms with van der Waals surface area (Å²) in [6, 6.07) is 2.47. The van der Waals surface area contributed by atoms with E-state index in [9.17, 15) is 0 Å². The molecule has 1 heterocycles. The van der Waals surface area contributed by atoms with E-state index < -0.39 is 0 Å². The standard InChI is InChI=1S/C12H20ClNS/c1-9(2)5-4-6-14-10(3)11-7-12(13)15-8-11/h7-10,14H,4-6H2,1-3H3. The summed E-state index contributed by atoms with van der Waals surface area (Å²) in [6.07, 6.45) is 2.55. The van der Waals surface area contributed by atoms with Crippen molar-refractivity contribution in [2.75, 3.05) is 6.54 Å². The van der Waals surface area contributed by atoms with E-state index in [1.165, 1.54) is 18.4 Å². The van der Waals surface area contributed by atoms with Gasteiger partial charge in [-0.05, 0) is 49.2 Å². The van der Waals surface area contributed by atoms with E-state index >= 15 is 0 Å². The van der Waals surface area contributed by atoms with E-state index in [1.54, 1.807) is 11.3 Å². The zero-order valence-electron chi connectivity index (χ0n) is 9.72. The van der Waals surface area contributed by atoms with Crippen LogP contribution in [0, 0.1) is 5.92 Å². The normalized spacial score (nSPS) is 13.4. The minimum atomic E-state index is 0.418. The van der Waals surface area contributed by atoms with Crippen LogP contribution in [0.15, 0.2) is 11.4 Å². The van der Waals surface area contributed by atoms with Crippen LogP contribution in [-0.2, 0) is 0 Å². The number of halogens is 1. The first kappa shape index (κ1) is 13.0. The van der Waals surface area contributed by atoms with Crippen LogP contribution in [0.1, 0.15) is 45.2 Å². The predicted octanol–water partition coefficient (Wildman–Crippen LogP) is 4.49. The Kier molecular flexibility index (Phi) is 5.65. The van der Waals surface area contributed by atoms with Crippen LogP contribution in [0.25, 0.3) is 0 Å². The molecule has 1 nitrogen and oxygen atoms in total. The summed E-state index contributed by atoms with van der Waals surface area (Å²) in [5.41, 5.74) is 1.30. The molecule has 1 atom stereocenters. The number of hydrogen-bond acceptors (Lipinski definition) is 2. The van der Waals surface area contributed by atoms with Gasteiger partial charge in [0, 0.05) is 6.04 Å². The van der Waals surface area contributed by atoms with Crippen LogP contribution < -0.4 is 5.32 Å². The van der Waals surface area contributed by atoms with Crippen molar-refractivity contribution in [3.05, 3.63) is 21.3 Å². The zero-order chi connectivity index (χ0) is 11.3. The first-order valence-corrected chi connectivity index (χ1v) is 6.82. The Morgan fingerprint density at radius 2 is 2.13 bits per heavy atom. The van der Waals surface area contributed by atoms with Crippen molar-refractivity contribution in [2.45, 2.75) is 39.7 Å². The highest BCUT2D eigenvalue weighted by atomic mass is 35.5. The summed E-state index contributed by atoms with van der Waals surface area (Å²) in [5.74, 6) is 0.803. The van der Waals surface area contributed by atoms with E-state index in [1.807, 2.05) is 6.07 Å². The Morgan fingerprint density at radius 1 is 1.40 bits per heavy atom. The monoisotopic (exact) mass is 245 g/mol. The summed E-state index contributed by atoms with van der Waals surface area (Å²) in [7, 11) is 0. The van der Waals surface area contributed by atoms with Gasteiger partial charge in [0.15, 0.2) is 0 Å². The van der Waals surface area contributed by atoms with Crippen molar-refractivity contribution < 1.29 is 0 Å². The topological polar surface area (TPSA) is 12.0 Å². The Morgan fingerprint density at radius 3 is 2.67 bits per heavy atom. The third kappa shape index (κ3) is 5.01. The van der Waals surface area contributed by atoms with Crippen LogP contribution in [0.4, 0.5) is 0 Å². The maximum atomic E-state index is 5.90. The fourth-order valence-corrected chi connectivity index (χ4v) is 2.48. The lowest BCUT2D eigenvalue weighted by molar-refractivity contribution is 0.498. The van der Waals surface area contributed by atoms with Gasteiger partial charge in [0.1, 0.15) is 0 Å². The van der Waals surface area contributed by atoms with E-state index in [0.29, 0.717) is 6.04 Å². The maximum absolute atomic E-state index is 5.90.